The van der Waals surface area contributed by atoms with E-state index in [2.05, 4.69) is 10.1 Å². The molecule has 20 heavy (non-hydrogen) atoms. The third kappa shape index (κ3) is 2.78. The molecule has 1 aromatic heterocycles. The van der Waals surface area contributed by atoms with Crippen LogP contribution in [-0.2, 0) is 6.42 Å². The Morgan fingerprint density at radius 1 is 1.50 bits per heavy atom. The summed E-state index contributed by atoms with van der Waals surface area (Å²) in [5.41, 5.74) is 6.82. The number of nitrogens with zero attached hydrogens (tertiary/aromatic N) is 2. The molecule has 1 aliphatic carbocycles. The molecule has 3 rings (SSSR count). The summed E-state index contributed by atoms with van der Waals surface area (Å²) in [4.78, 5) is 4.39. The third-order valence-electron chi connectivity index (χ3n) is 3.51. The second kappa shape index (κ2) is 5.42. The molecular formula is C14H16ClN3O2. The van der Waals surface area contributed by atoms with Gasteiger partial charge in [0.05, 0.1) is 12.7 Å². The molecule has 0 saturated heterocycles. The van der Waals surface area contributed by atoms with Gasteiger partial charge in [0.15, 0.2) is 0 Å². The first-order chi connectivity index (χ1) is 9.67. The molecule has 6 heteroatoms. The summed E-state index contributed by atoms with van der Waals surface area (Å²) >= 11 is 5.94. The fourth-order valence-corrected chi connectivity index (χ4v) is 2.35. The Labute approximate surface area is 122 Å². The number of hydrogen-bond donors (Lipinski definition) is 1. The number of halogens is 1. The largest absolute Gasteiger partial charge is 0.496 e. The molecule has 5 nitrogen and oxygen atoms in total. The van der Waals surface area contributed by atoms with Crippen LogP contribution in [0.25, 0.3) is 11.4 Å². The second-order valence-corrected chi connectivity index (χ2v) is 5.50. The highest BCUT2D eigenvalue weighted by molar-refractivity contribution is 6.30. The molecule has 2 aromatic rings. The van der Waals surface area contributed by atoms with E-state index in [-0.39, 0.29) is 6.04 Å². The Kier molecular flexibility index (Phi) is 3.63. The van der Waals surface area contributed by atoms with Gasteiger partial charge in [0, 0.05) is 17.5 Å². The first-order valence-electron chi connectivity index (χ1n) is 6.59. The molecule has 1 heterocycles. The summed E-state index contributed by atoms with van der Waals surface area (Å²) in [6.45, 7) is 0. The molecular weight excluding hydrogens is 278 g/mol. The van der Waals surface area contributed by atoms with E-state index in [4.69, 9.17) is 26.6 Å². The topological polar surface area (TPSA) is 74.2 Å². The molecule has 106 valence electrons. The zero-order valence-electron chi connectivity index (χ0n) is 11.2. The van der Waals surface area contributed by atoms with Gasteiger partial charge in [-0.2, -0.15) is 4.98 Å². The molecule has 1 atom stereocenters. The van der Waals surface area contributed by atoms with Crippen LogP contribution in [0.1, 0.15) is 18.7 Å². The van der Waals surface area contributed by atoms with Crippen molar-refractivity contribution < 1.29 is 9.26 Å². The summed E-state index contributed by atoms with van der Waals surface area (Å²) in [5, 5.41) is 4.59. The Hall–Kier alpha value is -1.59. The van der Waals surface area contributed by atoms with Crippen molar-refractivity contribution in [3.05, 3.63) is 29.1 Å². The van der Waals surface area contributed by atoms with Gasteiger partial charge < -0.3 is 15.0 Å². The Bertz CT molecular complexity index is 610. The van der Waals surface area contributed by atoms with Gasteiger partial charge in [0.25, 0.3) is 0 Å². The smallest absolute Gasteiger partial charge is 0.228 e. The molecule has 0 spiro atoms. The van der Waals surface area contributed by atoms with Crippen LogP contribution in [0, 0.1) is 5.92 Å². The van der Waals surface area contributed by atoms with Crippen LogP contribution in [0.15, 0.2) is 22.7 Å². The van der Waals surface area contributed by atoms with Gasteiger partial charge in [0.2, 0.25) is 11.7 Å². The number of benzene rings is 1. The lowest BCUT2D eigenvalue weighted by Crippen LogP contribution is -2.25. The van der Waals surface area contributed by atoms with Gasteiger partial charge in [0.1, 0.15) is 5.75 Å². The highest BCUT2D eigenvalue weighted by atomic mass is 35.5. The fraction of sp³-hybridized carbons (Fsp3) is 0.429. The molecule has 1 fully saturated rings. The maximum absolute atomic E-state index is 6.06. The highest BCUT2D eigenvalue weighted by Gasteiger charge is 2.30. The fourth-order valence-electron chi connectivity index (χ4n) is 2.19. The van der Waals surface area contributed by atoms with Crippen molar-refractivity contribution in [1.82, 2.24) is 10.1 Å². The van der Waals surface area contributed by atoms with Crippen LogP contribution in [0.2, 0.25) is 5.02 Å². The van der Waals surface area contributed by atoms with Crippen LogP contribution in [0.5, 0.6) is 5.75 Å². The van der Waals surface area contributed by atoms with E-state index in [0.29, 0.717) is 34.8 Å². The van der Waals surface area contributed by atoms with Gasteiger partial charge in [-0.05, 0) is 37.0 Å². The first-order valence-corrected chi connectivity index (χ1v) is 6.97. The minimum atomic E-state index is 0.107. The second-order valence-electron chi connectivity index (χ2n) is 5.06. The molecule has 1 unspecified atom stereocenters. The van der Waals surface area contributed by atoms with Gasteiger partial charge >= 0.3 is 0 Å². The lowest BCUT2D eigenvalue weighted by molar-refractivity contribution is 0.363. The zero-order valence-corrected chi connectivity index (χ0v) is 11.9. The highest BCUT2D eigenvalue weighted by Crippen LogP contribution is 2.33. The van der Waals surface area contributed by atoms with Gasteiger partial charge in [-0.25, -0.2) is 0 Å². The van der Waals surface area contributed by atoms with Gasteiger partial charge in [-0.1, -0.05) is 16.8 Å². The van der Waals surface area contributed by atoms with Crippen molar-refractivity contribution in [1.29, 1.82) is 0 Å². The van der Waals surface area contributed by atoms with Crippen LogP contribution in [-0.4, -0.2) is 23.3 Å². The lowest BCUT2D eigenvalue weighted by Gasteiger charge is -2.05. The number of nitrogens with two attached hydrogens (primary N) is 1. The normalized spacial score (nSPS) is 16.1. The average molecular weight is 294 g/mol. The van der Waals surface area contributed by atoms with Crippen molar-refractivity contribution in [3.8, 4) is 17.1 Å². The summed E-state index contributed by atoms with van der Waals surface area (Å²) in [7, 11) is 1.58. The van der Waals surface area contributed by atoms with E-state index in [1.807, 2.05) is 6.07 Å². The van der Waals surface area contributed by atoms with Crippen LogP contribution >= 0.6 is 11.6 Å². The quantitative estimate of drug-likeness (QED) is 0.917. The molecule has 2 N–H and O–H groups in total. The molecule has 0 radical (unpaired) electrons. The average Bonchev–Trinajstić information content (AvgIpc) is 3.20. The van der Waals surface area contributed by atoms with Crippen LogP contribution in [0.4, 0.5) is 0 Å². The predicted octanol–water partition coefficient (Wildman–Crippen LogP) is 2.68. The summed E-state index contributed by atoms with van der Waals surface area (Å²) in [6, 6.07) is 5.42. The molecule has 0 aliphatic heterocycles. The van der Waals surface area contributed by atoms with Crippen LogP contribution < -0.4 is 10.5 Å². The predicted molar refractivity (Wildman–Crippen MR) is 75.7 cm³/mol. The molecule has 0 bridgehead atoms. The van der Waals surface area contributed by atoms with Crippen molar-refractivity contribution in [2.45, 2.75) is 25.3 Å². The van der Waals surface area contributed by atoms with Gasteiger partial charge in [-0.3, -0.25) is 0 Å². The lowest BCUT2D eigenvalue weighted by atomic mass is 10.1. The molecule has 0 amide bonds. The van der Waals surface area contributed by atoms with Crippen molar-refractivity contribution in [2.75, 3.05) is 7.11 Å². The van der Waals surface area contributed by atoms with E-state index in [1.54, 1.807) is 19.2 Å². The summed E-state index contributed by atoms with van der Waals surface area (Å²) in [5.74, 6) is 2.29. The molecule has 1 saturated carbocycles. The van der Waals surface area contributed by atoms with E-state index in [1.165, 1.54) is 12.8 Å². The number of hydrogen-bond acceptors (Lipinski definition) is 5. The number of rotatable bonds is 5. The zero-order chi connectivity index (χ0) is 14.1. The molecule has 1 aliphatic rings. The van der Waals surface area contributed by atoms with E-state index >= 15 is 0 Å². The van der Waals surface area contributed by atoms with Crippen molar-refractivity contribution in [3.63, 3.8) is 0 Å². The summed E-state index contributed by atoms with van der Waals surface area (Å²) < 4.78 is 10.6. The Morgan fingerprint density at radius 3 is 3.00 bits per heavy atom. The number of methoxy groups -OCH3 is 1. The Balaban J connectivity index is 1.82. The monoisotopic (exact) mass is 293 g/mol. The van der Waals surface area contributed by atoms with E-state index < -0.39 is 0 Å². The minimum absolute atomic E-state index is 0.107. The minimum Gasteiger partial charge on any atom is -0.496 e. The maximum atomic E-state index is 6.06. The first kappa shape index (κ1) is 13.4. The summed E-state index contributed by atoms with van der Waals surface area (Å²) in [6.07, 6.45) is 3.02. The number of aromatic nitrogens is 2. The molecule has 1 aromatic carbocycles. The van der Waals surface area contributed by atoms with E-state index in [9.17, 15) is 0 Å². The van der Waals surface area contributed by atoms with Crippen molar-refractivity contribution in [2.24, 2.45) is 11.7 Å². The van der Waals surface area contributed by atoms with E-state index in [0.717, 1.165) is 5.56 Å². The number of ether oxygens (including phenoxy) is 1. The SMILES string of the molecule is COc1cc(Cl)ccc1-c1noc(CC(N)C2CC2)n1. The third-order valence-corrected chi connectivity index (χ3v) is 3.75. The standard InChI is InChI=1S/C14H16ClN3O2/c1-19-12-6-9(15)4-5-10(12)14-17-13(20-18-14)7-11(16)8-2-3-8/h4-6,8,11H,2-3,7,16H2,1H3. The maximum Gasteiger partial charge on any atom is 0.228 e. The van der Waals surface area contributed by atoms with Gasteiger partial charge in [-0.15, -0.1) is 0 Å². The Morgan fingerprint density at radius 2 is 2.30 bits per heavy atom. The van der Waals surface area contributed by atoms with Crippen LogP contribution in [0.3, 0.4) is 0 Å². The van der Waals surface area contributed by atoms with Crippen molar-refractivity contribution >= 4 is 11.6 Å².